The Morgan fingerprint density at radius 2 is 0.898 bits per heavy atom. The van der Waals surface area contributed by atoms with E-state index in [0.29, 0.717) is 5.56 Å². The molecule has 0 fully saturated rings. The van der Waals surface area contributed by atoms with E-state index in [1.165, 1.54) is 0 Å². The normalized spacial score (nSPS) is 13.1. The Morgan fingerprint density at radius 1 is 0.347 bits per heavy atom. The molecule has 9 aromatic carbocycles. The van der Waals surface area contributed by atoms with Crippen molar-refractivity contribution in [2.75, 3.05) is 0 Å². The molecular formula is C48H30O. The molecule has 228 valence electrons. The Kier molecular flexibility index (Phi) is 5.20. The van der Waals surface area contributed by atoms with Crippen LogP contribution < -0.4 is 0 Å². The lowest BCUT2D eigenvalue weighted by molar-refractivity contribution is 0.673. The van der Waals surface area contributed by atoms with Crippen molar-refractivity contribution >= 4 is 54.3 Å². The molecule has 0 bridgehead atoms. The van der Waals surface area contributed by atoms with E-state index in [9.17, 15) is 0 Å². The third kappa shape index (κ3) is 4.47. The lowest BCUT2D eigenvalue weighted by Gasteiger charge is -2.19. The monoisotopic (exact) mass is 627 g/mol. The van der Waals surface area contributed by atoms with Crippen LogP contribution in [0.2, 0.25) is 0 Å². The number of furan rings is 1. The van der Waals surface area contributed by atoms with Crippen LogP contribution in [0.4, 0.5) is 0 Å². The smallest absolute Gasteiger partial charge is 0.143 e. The van der Waals surface area contributed by atoms with Crippen LogP contribution in [0, 0.1) is 0 Å². The molecule has 0 aliphatic carbocycles. The summed E-state index contributed by atoms with van der Waals surface area (Å²) >= 11 is 0. The molecule has 1 heteroatoms. The third-order valence-electron chi connectivity index (χ3n) is 9.70. The fourth-order valence-corrected chi connectivity index (χ4v) is 7.52. The third-order valence-corrected chi connectivity index (χ3v) is 9.70. The van der Waals surface area contributed by atoms with Gasteiger partial charge in [-0.15, -0.1) is 0 Å². The van der Waals surface area contributed by atoms with Crippen molar-refractivity contribution in [3.05, 3.63) is 182 Å². The summed E-state index contributed by atoms with van der Waals surface area (Å²) in [6.45, 7) is 0. The summed E-state index contributed by atoms with van der Waals surface area (Å²) in [7, 11) is 0. The molecule has 10 rings (SSSR count). The van der Waals surface area contributed by atoms with E-state index >= 15 is 0 Å². The second kappa shape index (κ2) is 11.1. The molecule has 0 saturated heterocycles. The number of rotatable bonds is 4. The fraction of sp³-hybridized carbons (Fsp3) is 0. The number of fused-ring (bicyclic) bond motifs is 7. The Balaban J connectivity index is 1.26. The molecule has 1 nitrogen and oxygen atoms in total. The first-order valence-electron chi connectivity index (χ1n) is 18.9. The van der Waals surface area contributed by atoms with Crippen LogP contribution in [0.25, 0.3) is 98.8 Å². The lowest BCUT2D eigenvalue weighted by Crippen LogP contribution is -1.92. The average Bonchev–Trinajstić information content (AvgIpc) is 3.60. The van der Waals surface area contributed by atoms with Crippen LogP contribution in [0.15, 0.2) is 186 Å². The van der Waals surface area contributed by atoms with Gasteiger partial charge in [-0.3, -0.25) is 0 Å². The predicted molar refractivity (Wildman–Crippen MR) is 208 cm³/mol. The minimum atomic E-state index is -0.407. The molecule has 0 amide bonds. The van der Waals surface area contributed by atoms with Gasteiger partial charge in [0.25, 0.3) is 0 Å². The van der Waals surface area contributed by atoms with Gasteiger partial charge in [-0.05, 0) is 108 Å². The van der Waals surface area contributed by atoms with Crippen molar-refractivity contribution in [2.24, 2.45) is 0 Å². The van der Waals surface area contributed by atoms with Crippen molar-refractivity contribution in [3.8, 4) is 44.5 Å². The molecule has 1 aromatic heterocycles. The topological polar surface area (TPSA) is 13.1 Å². The Morgan fingerprint density at radius 3 is 1.59 bits per heavy atom. The van der Waals surface area contributed by atoms with Gasteiger partial charge in [-0.25, -0.2) is 0 Å². The number of benzene rings is 9. The molecule has 0 aliphatic heterocycles. The molecule has 49 heavy (non-hydrogen) atoms. The van der Waals surface area contributed by atoms with Crippen LogP contribution in [0.3, 0.4) is 0 Å². The zero-order chi connectivity index (χ0) is 36.7. The summed E-state index contributed by atoms with van der Waals surface area (Å²) in [6, 6.07) is 50.4. The van der Waals surface area contributed by atoms with E-state index < -0.39 is 6.04 Å². The van der Waals surface area contributed by atoms with Crippen LogP contribution in [0.5, 0.6) is 0 Å². The molecule has 10 aromatic rings. The first kappa shape index (κ1) is 23.0. The van der Waals surface area contributed by atoms with Crippen molar-refractivity contribution in [3.63, 3.8) is 0 Å². The second-order valence-electron chi connectivity index (χ2n) is 12.5. The van der Waals surface area contributed by atoms with Crippen LogP contribution in [-0.4, -0.2) is 0 Å². The first-order valence-corrected chi connectivity index (χ1v) is 16.4. The highest BCUT2D eigenvalue weighted by molar-refractivity contribution is 6.22. The molecule has 0 aliphatic rings. The maximum Gasteiger partial charge on any atom is 0.143 e. The Labute approximate surface area is 291 Å². The van der Waals surface area contributed by atoms with Crippen molar-refractivity contribution in [1.82, 2.24) is 0 Å². The molecule has 0 N–H and O–H groups in total. The van der Waals surface area contributed by atoms with Gasteiger partial charge in [0.2, 0.25) is 0 Å². The van der Waals surface area contributed by atoms with Crippen molar-refractivity contribution in [1.29, 1.82) is 0 Å². The first-order chi connectivity index (χ1) is 26.4. The van der Waals surface area contributed by atoms with Gasteiger partial charge in [0.15, 0.2) is 0 Å². The van der Waals surface area contributed by atoms with Crippen LogP contribution in [0.1, 0.15) is 6.85 Å². The quantitative estimate of drug-likeness (QED) is 0.177. The van der Waals surface area contributed by atoms with Gasteiger partial charge < -0.3 is 4.42 Å². The van der Waals surface area contributed by atoms with E-state index in [0.717, 1.165) is 87.6 Å². The SMILES string of the molecule is [2H]c1c([2H])c([2H])c(-c2cc(-c3ccccc3)cc(-c3c4ccccc4c(-c4ccc5c(c4)oc4c6ccccc6ccc54)c4ccccc34)c2)c([2H])c1[2H]. The lowest BCUT2D eigenvalue weighted by atomic mass is 9.84. The van der Waals surface area contributed by atoms with Gasteiger partial charge in [-0.1, -0.05) is 145 Å². The summed E-state index contributed by atoms with van der Waals surface area (Å²) in [6.07, 6.45) is 0. The van der Waals surface area contributed by atoms with Crippen molar-refractivity contribution < 1.29 is 11.3 Å². The molecule has 0 saturated carbocycles. The fourth-order valence-electron chi connectivity index (χ4n) is 7.52. The average molecular weight is 628 g/mol. The highest BCUT2D eigenvalue weighted by atomic mass is 16.3. The molecule has 0 radical (unpaired) electrons. The summed E-state index contributed by atoms with van der Waals surface area (Å²) in [5, 5.41) is 8.62. The van der Waals surface area contributed by atoms with E-state index in [-0.39, 0.29) is 29.7 Å². The maximum absolute atomic E-state index is 8.86. The Hall–Kier alpha value is -6.44. The van der Waals surface area contributed by atoms with Gasteiger partial charge >= 0.3 is 0 Å². The van der Waals surface area contributed by atoms with Gasteiger partial charge in [0.05, 0.1) is 6.85 Å². The highest BCUT2D eigenvalue weighted by Crippen LogP contribution is 2.46. The predicted octanol–water partition coefficient (Wildman–Crippen LogP) is 13.7. The van der Waals surface area contributed by atoms with Gasteiger partial charge in [-0.2, -0.15) is 0 Å². The summed E-state index contributed by atoms with van der Waals surface area (Å²) in [5.41, 5.74) is 8.34. The van der Waals surface area contributed by atoms with E-state index in [4.69, 9.17) is 11.3 Å². The molecule has 0 spiro atoms. The largest absolute Gasteiger partial charge is 0.455 e. The molecular weight excluding hydrogens is 593 g/mol. The van der Waals surface area contributed by atoms with Crippen LogP contribution >= 0.6 is 0 Å². The summed E-state index contributed by atoms with van der Waals surface area (Å²) in [4.78, 5) is 0. The molecule has 0 atom stereocenters. The van der Waals surface area contributed by atoms with Crippen LogP contribution in [-0.2, 0) is 0 Å². The second-order valence-corrected chi connectivity index (χ2v) is 12.5. The highest BCUT2D eigenvalue weighted by Gasteiger charge is 2.19. The number of hydrogen-bond acceptors (Lipinski definition) is 1. The molecule has 1 heterocycles. The zero-order valence-electron chi connectivity index (χ0n) is 31.3. The van der Waals surface area contributed by atoms with E-state index in [2.05, 4.69) is 97.1 Å². The zero-order valence-corrected chi connectivity index (χ0v) is 26.3. The minimum absolute atomic E-state index is 0.178. The van der Waals surface area contributed by atoms with E-state index in [1.54, 1.807) is 0 Å². The number of hydrogen-bond donors (Lipinski definition) is 0. The summed E-state index contributed by atoms with van der Waals surface area (Å²) < 4.78 is 49.5. The standard InChI is InChI=1S/C48H30O/c1-3-13-31(14-4-1)35-27-36(32-15-5-2-6-16-32)29-37(28-35)47-42-21-11-9-19-40(42)46(41-20-10-12-22-43(41)47)34-24-25-39-44-26-23-33-17-7-8-18-38(33)48(44)49-45(39)30-34/h1-30H/i1D,3D,4D,13D,14D. The Bertz CT molecular complexity index is 3080. The summed E-state index contributed by atoms with van der Waals surface area (Å²) in [5.74, 6) is 0. The molecule has 0 unspecified atom stereocenters. The van der Waals surface area contributed by atoms with Gasteiger partial charge in [0.1, 0.15) is 11.2 Å². The van der Waals surface area contributed by atoms with E-state index in [1.807, 2.05) is 54.6 Å². The maximum atomic E-state index is 8.86. The minimum Gasteiger partial charge on any atom is -0.455 e. The van der Waals surface area contributed by atoms with Crippen molar-refractivity contribution in [2.45, 2.75) is 0 Å². The van der Waals surface area contributed by atoms with Gasteiger partial charge in [0, 0.05) is 16.2 Å².